The third-order valence-corrected chi connectivity index (χ3v) is 1.78. The summed E-state index contributed by atoms with van der Waals surface area (Å²) in [6, 6.07) is 9.10. The van der Waals surface area contributed by atoms with E-state index in [-0.39, 0.29) is 4.99 Å². The molecule has 0 aromatic heterocycles. The Labute approximate surface area is 93.2 Å². The molecule has 0 fully saturated rings. The molecule has 0 bridgehead atoms. The van der Waals surface area contributed by atoms with E-state index in [0.29, 0.717) is 0 Å². The molecule has 15 heavy (non-hydrogen) atoms. The monoisotopic (exact) mass is 219 g/mol. The van der Waals surface area contributed by atoms with Crippen molar-refractivity contribution in [2.75, 3.05) is 7.11 Å². The third kappa shape index (κ3) is 3.75. The molecular formula is C10H9N3OS. The van der Waals surface area contributed by atoms with E-state index in [1.54, 1.807) is 19.4 Å². The van der Waals surface area contributed by atoms with Crippen LogP contribution < -0.4 is 10.2 Å². The van der Waals surface area contributed by atoms with Crippen molar-refractivity contribution in [3.05, 3.63) is 29.8 Å². The van der Waals surface area contributed by atoms with Gasteiger partial charge in [0.2, 0.25) is 0 Å². The predicted octanol–water partition coefficient (Wildman–Crippen LogP) is 1.47. The molecule has 0 saturated carbocycles. The van der Waals surface area contributed by atoms with Crippen molar-refractivity contribution in [2.24, 2.45) is 5.10 Å². The van der Waals surface area contributed by atoms with Crippen molar-refractivity contribution in [1.29, 1.82) is 5.26 Å². The second kappa shape index (κ2) is 5.73. The van der Waals surface area contributed by atoms with Crippen LogP contribution in [-0.2, 0) is 0 Å². The molecule has 0 aliphatic rings. The number of methoxy groups -OCH3 is 1. The average Bonchev–Trinajstić information content (AvgIpc) is 2.29. The van der Waals surface area contributed by atoms with Crippen molar-refractivity contribution in [1.82, 2.24) is 5.43 Å². The number of hydrogen-bond donors (Lipinski definition) is 1. The zero-order valence-corrected chi connectivity index (χ0v) is 8.91. The number of benzene rings is 1. The van der Waals surface area contributed by atoms with Gasteiger partial charge in [0.15, 0.2) is 4.99 Å². The number of nitrogens with one attached hydrogen (secondary N) is 1. The number of thiocarbonyl (C=S) groups is 1. The van der Waals surface area contributed by atoms with E-state index in [2.05, 4.69) is 22.7 Å². The van der Waals surface area contributed by atoms with Crippen molar-refractivity contribution in [2.45, 2.75) is 0 Å². The summed E-state index contributed by atoms with van der Waals surface area (Å²) in [5.41, 5.74) is 3.31. The predicted molar refractivity (Wildman–Crippen MR) is 61.9 cm³/mol. The van der Waals surface area contributed by atoms with Gasteiger partial charge in [0.1, 0.15) is 11.8 Å². The fourth-order valence-electron chi connectivity index (χ4n) is 0.880. The summed E-state index contributed by atoms with van der Waals surface area (Å²) in [6.45, 7) is 0. The van der Waals surface area contributed by atoms with Gasteiger partial charge in [-0.2, -0.15) is 10.4 Å². The number of hydrazone groups is 1. The minimum Gasteiger partial charge on any atom is -0.497 e. The van der Waals surface area contributed by atoms with Crippen LogP contribution >= 0.6 is 12.2 Å². The molecule has 0 radical (unpaired) electrons. The molecule has 1 aromatic carbocycles. The molecule has 0 unspecified atom stereocenters. The van der Waals surface area contributed by atoms with Crippen LogP contribution in [0.5, 0.6) is 5.75 Å². The standard InChI is InChI=1S/C10H9N3OS/c1-14-9-4-2-8(3-5-9)7-12-13-10(15)6-11/h2-5,7H,1H3,(H,13,15)/b12-7-. The lowest BCUT2D eigenvalue weighted by Gasteiger charge is -1.98. The first-order chi connectivity index (χ1) is 7.26. The summed E-state index contributed by atoms with van der Waals surface area (Å²) in [7, 11) is 1.61. The van der Waals surface area contributed by atoms with Crippen LogP contribution in [0.15, 0.2) is 29.4 Å². The van der Waals surface area contributed by atoms with E-state index < -0.39 is 0 Å². The molecule has 0 spiro atoms. The Bertz CT molecular complexity index is 406. The highest BCUT2D eigenvalue weighted by Crippen LogP contribution is 2.09. The van der Waals surface area contributed by atoms with Gasteiger partial charge in [0, 0.05) is 0 Å². The molecule has 1 aromatic rings. The van der Waals surface area contributed by atoms with E-state index in [1.165, 1.54) is 0 Å². The molecule has 0 aliphatic heterocycles. The van der Waals surface area contributed by atoms with E-state index in [1.807, 2.05) is 24.3 Å². The largest absolute Gasteiger partial charge is 0.497 e. The molecule has 0 atom stereocenters. The van der Waals surface area contributed by atoms with Crippen molar-refractivity contribution >= 4 is 23.4 Å². The number of hydrogen-bond acceptors (Lipinski definition) is 4. The van der Waals surface area contributed by atoms with Gasteiger partial charge < -0.3 is 4.74 Å². The molecule has 1 N–H and O–H groups in total. The average molecular weight is 219 g/mol. The van der Waals surface area contributed by atoms with E-state index >= 15 is 0 Å². The lowest BCUT2D eigenvalue weighted by molar-refractivity contribution is 0.415. The maximum Gasteiger partial charge on any atom is 0.198 e. The van der Waals surface area contributed by atoms with Crippen LogP contribution in [0.4, 0.5) is 0 Å². The molecule has 4 nitrogen and oxygen atoms in total. The molecule has 0 heterocycles. The van der Waals surface area contributed by atoms with Gasteiger partial charge in [-0.25, -0.2) is 0 Å². The smallest absolute Gasteiger partial charge is 0.198 e. The maximum atomic E-state index is 8.36. The van der Waals surface area contributed by atoms with Gasteiger partial charge in [0.05, 0.1) is 13.3 Å². The quantitative estimate of drug-likeness (QED) is 0.475. The number of nitriles is 1. The van der Waals surface area contributed by atoms with E-state index in [9.17, 15) is 0 Å². The fourth-order valence-corrected chi connectivity index (χ4v) is 0.933. The van der Waals surface area contributed by atoms with E-state index in [4.69, 9.17) is 10.00 Å². The highest BCUT2D eigenvalue weighted by molar-refractivity contribution is 7.80. The second-order valence-corrected chi connectivity index (χ2v) is 2.99. The summed E-state index contributed by atoms with van der Waals surface area (Å²) >= 11 is 4.60. The first-order valence-corrected chi connectivity index (χ1v) is 4.54. The Morgan fingerprint density at radius 2 is 2.20 bits per heavy atom. The van der Waals surface area contributed by atoms with Crippen LogP contribution in [0, 0.1) is 11.3 Å². The normalized spacial score (nSPS) is 9.60. The second-order valence-electron chi connectivity index (χ2n) is 2.58. The fraction of sp³-hybridized carbons (Fsp3) is 0.100. The zero-order chi connectivity index (χ0) is 11.1. The Kier molecular flexibility index (Phi) is 4.26. The van der Waals surface area contributed by atoms with Gasteiger partial charge in [0.25, 0.3) is 0 Å². The Morgan fingerprint density at radius 3 is 2.73 bits per heavy atom. The molecule has 0 amide bonds. The summed E-state index contributed by atoms with van der Waals surface area (Å²) in [5.74, 6) is 0.785. The number of rotatable bonds is 3. The SMILES string of the molecule is COc1ccc(/C=N\NC(=S)C#N)cc1. The van der Waals surface area contributed by atoms with Gasteiger partial charge in [-0.05, 0) is 42.0 Å². The Hall–Kier alpha value is -1.93. The summed E-state index contributed by atoms with van der Waals surface area (Å²) in [6.07, 6.45) is 1.57. The van der Waals surface area contributed by atoms with Gasteiger partial charge in [-0.3, -0.25) is 5.43 Å². The van der Waals surface area contributed by atoms with Crippen molar-refractivity contribution < 1.29 is 4.74 Å². The molecule has 5 heteroatoms. The number of nitrogens with zero attached hydrogens (tertiary/aromatic N) is 2. The van der Waals surface area contributed by atoms with Crippen LogP contribution in [0.25, 0.3) is 0 Å². The molecular weight excluding hydrogens is 210 g/mol. The summed E-state index contributed by atoms with van der Waals surface area (Å²) < 4.78 is 5.01. The van der Waals surface area contributed by atoms with Gasteiger partial charge >= 0.3 is 0 Å². The van der Waals surface area contributed by atoms with Crippen molar-refractivity contribution in [3.63, 3.8) is 0 Å². The Morgan fingerprint density at radius 1 is 1.53 bits per heavy atom. The maximum absolute atomic E-state index is 8.36. The van der Waals surface area contributed by atoms with Crippen molar-refractivity contribution in [3.8, 4) is 11.8 Å². The molecule has 1 rings (SSSR count). The molecule has 76 valence electrons. The number of ether oxygens (including phenoxy) is 1. The van der Waals surface area contributed by atoms with Crippen LogP contribution in [0.1, 0.15) is 5.56 Å². The molecule has 0 saturated heterocycles. The summed E-state index contributed by atoms with van der Waals surface area (Å²) in [5, 5.41) is 12.1. The molecule has 0 aliphatic carbocycles. The van der Waals surface area contributed by atoms with Gasteiger partial charge in [-0.1, -0.05) is 0 Å². The minimum absolute atomic E-state index is 0.0414. The first kappa shape index (κ1) is 11.1. The van der Waals surface area contributed by atoms with Gasteiger partial charge in [-0.15, -0.1) is 0 Å². The zero-order valence-electron chi connectivity index (χ0n) is 8.10. The minimum atomic E-state index is 0.0414. The first-order valence-electron chi connectivity index (χ1n) is 4.13. The summed E-state index contributed by atoms with van der Waals surface area (Å²) in [4.78, 5) is 0.0414. The third-order valence-electron chi connectivity index (χ3n) is 1.60. The van der Waals surface area contributed by atoms with Crippen LogP contribution in [0.3, 0.4) is 0 Å². The van der Waals surface area contributed by atoms with Crippen LogP contribution in [-0.4, -0.2) is 18.3 Å². The lowest BCUT2D eigenvalue weighted by atomic mass is 10.2. The highest BCUT2D eigenvalue weighted by Gasteiger charge is 1.91. The topological polar surface area (TPSA) is 57.4 Å². The van der Waals surface area contributed by atoms with Crippen LogP contribution in [0.2, 0.25) is 0 Å². The lowest BCUT2D eigenvalue weighted by Crippen LogP contribution is -2.11. The Balaban J connectivity index is 2.58. The van der Waals surface area contributed by atoms with E-state index in [0.717, 1.165) is 11.3 Å². The highest BCUT2D eigenvalue weighted by atomic mass is 32.1.